The molecule has 1 heterocycles. The van der Waals surface area contributed by atoms with Crippen molar-refractivity contribution in [2.75, 3.05) is 19.9 Å². The van der Waals surface area contributed by atoms with Crippen LogP contribution in [0.15, 0.2) is 18.2 Å². The second-order valence-electron chi connectivity index (χ2n) is 5.82. The Labute approximate surface area is 132 Å². The number of amides is 2. The van der Waals surface area contributed by atoms with Crippen LogP contribution in [0.5, 0.6) is 5.75 Å². The number of hydrogen-bond acceptors (Lipinski definition) is 3. The highest BCUT2D eigenvalue weighted by Crippen LogP contribution is 2.21. The summed E-state index contributed by atoms with van der Waals surface area (Å²) in [5, 5.41) is 11.9. The molecule has 0 aliphatic carbocycles. The van der Waals surface area contributed by atoms with Crippen molar-refractivity contribution in [1.82, 2.24) is 10.2 Å². The van der Waals surface area contributed by atoms with E-state index < -0.39 is 0 Å². The molecule has 1 aliphatic rings. The first-order chi connectivity index (χ1) is 10.6. The monoisotopic (exact) mass is 306 g/mol. The van der Waals surface area contributed by atoms with E-state index >= 15 is 0 Å². The summed E-state index contributed by atoms with van der Waals surface area (Å²) in [6.07, 6.45) is 3.75. The van der Waals surface area contributed by atoms with E-state index in [1.54, 1.807) is 0 Å². The van der Waals surface area contributed by atoms with E-state index in [4.69, 9.17) is 9.84 Å². The first kappa shape index (κ1) is 16.6. The number of carbonyl (C=O) groups excluding carboxylic acids is 1. The predicted octanol–water partition coefficient (Wildman–Crippen LogP) is 2.59. The molecule has 1 atom stereocenters. The number of piperidine rings is 1. The molecule has 2 amide bonds. The molecule has 1 aliphatic heterocycles. The molecule has 0 aromatic heterocycles. The lowest BCUT2D eigenvalue weighted by Crippen LogP contribution is -2.49. The molecule has 0 spiro atoms. The van der Waals surface area contributed by atoms with Gasteiger partial charge in [0.2, 0.25) is 0 Å². The molecular formula is C17H26N2O3. The fourth-order valence-electron chi connectivity index (χ4n) is 2.87. The van der Waals surface area contributed by atoms with Gasteiger partial charge in [-0.25, -0.2) is 4.79 Å². The molecule has 2 rings (SSSR count). The summed E-state index contributed by atoms with van der Waals surface area (Å²) in [5.74, 6) is 0.797. The quantitative estimate of drug-likeness (QED) is 0.822. The van der Waals surface area contributed by atoms with Gasteiger partial charge in [0.1, 0.15) is 5.75 Å². The van der Waals surface area contributed by atoms with E-state index in [0.717, 1.165) is 37.1 Å². The SMILES string of the molecule is Cc1cccc(OCNC(=O)N2CCCCC2CCO)c1C. The normalized spacial score (nSPS) is 18.1. The Balaban J connectivity index is 1.85. The van der Waals surface area contributed by atoms with Crippen LogP contribution in [-0.4, -0.2) is 42.0 Å². The van der Waals surface area contributed by atoms with Gasteiger partial charge in [-0.15, -0.1) is 0 Å². The van der Waals surface area contributed by atoms with Crippen LogP contribution in [0.2, 0.25) is 0 Å². The number of ether oxygens (including phenoxy) is 1. The number of aliphatic hydroxyl groups is 1. The van der Waals surface area contributed by atoms with Crippen LogP contribution in [0.1, 0.15) is 36.8 Å². The number of hydrogen-bond donors (Lipinski definition) is 2. The molecular weight excluding hydrogens is 280 g/mol. The van der Waals surface area contributed by atoms with Crippen molar-refractivity contribution in [2.45, 2.75) is 45.6 Å². The molecule has 122 valence electrons. The molecule has 2 N–H and O–H groups in total. The average molecular weight is 306 g/mol. The van der Waals surface area contributed by atoms with Gasteiger partial charge in [-0.05, 0) is 56.7 Å². The van der Waals surface area contributed by atoms with Crippen molar-refractivity contribution in [2.24, 2.45) is 0 Å². The lowest BCUT2D eigenvalue weighted by molar-refractivity contribution is 0.126. The number of aliphatic hydroxyl groups excluding tert-OH is 1. The number of urea groups is 1. The molecule has 1 fully saturated rings. The highest BCUT2D eigenvalue weighted by molar-refractivity contribution is 5.74. The lowest BCUT2D eigenvalue weighted by Gasteiger charge is -2.35. The summed E-state index contributed by atoms with van der Waals surface area (Å²) < 4.78 is 5.67. The molecule has 1 aromatic carbocycles. The number of carbonyl (C=O) groups is 1. The van der Waals surface area contributed by atoms with Gasteiger partial charge in [0.05, 0.1) is 0 Å². The first-order valence-electron chi connectivity index (χ1n) is 7.98. The Bertz CT molecular complexity index is 503. The molecule has 0 radical (unpaired) electrons. The Hall–Kier alpha value is -1.75. The fraction of sp³-hybridized carbons (Fsp3) is 0.588. The minimum atomic E-state index is -0.108. The standard InChI is InChI=1S/C17H26N2O3/c1-13-6-5-8-16(14(13)2)22-12-18-17(21)19-10-4-3-7-15(19)9-11-20/h5-6,8,15,20H,3-4,7,9-12H2,1-2H3,(H,18,21). The second-order valence-corrected chi connectivity index (χ2v) is 5.82. The number of benzene rings is 1. The fourth-order valence-corrected chi connectivity index (χ4v) is 2.87. The summed E-state index contributed by atoms with van der Waals surface area (Å²) in [4.78, 5) is 14.1. The molecule has 1 unspecified atom stereocenters. The zero-order valence-corrected chi connectivity index (χ0v) is 13.5. The maximum Gasteiger partial charge on any atom is 0.320 e. The number of nitrogens with one attached hydrogen (secondary N) is 1. The topological polar surface area (TPSA) is 61.8 Å². The minimum absolute atomic E-state index is 0.108. The molecule has 5 nitrogen and oxygen atoms in total. The van der Waals surface area contributed by atoms with Crippen LogP contribution in [0.3, 0.4) is 0 Å². The molecule has 5 heteroatoms. The highest BCUT2D eigenvalue weighted by Gasteiger charge is 2.25. The van der Waals surface area contributed by atoms with Crippen molar-refractivity contribution in [3.63, 3.8) is 0 Å². The number of aryl methyl sites for hydroxylation is 1. The van der Waals surface area contributed by atoms with Crippen molar-refractivity contribution < 1.29 is 14.6 Å². The van der Waals surface area contributed by atoms with Crippen LogP contribution < -0.4 is 10.1 Å². The first-order valence-corrected chi connectivity index (χ1v) is 7.98. The van der Waals surface area contributed by atoms with Gasteiger partial charge in [0, 0.05) is 19.2 Å². The van der Waals surface area contributed by atoms with Gasteiger partial charge < -0.3 is 20.1 Å². The van der Waals surface area contributed by atoms with E-state index in [2.05, 4.69) is 5.32 Å². The summed E-state index contributed by atoms with van der Waals surface area (Å²) in [5.41, 5.74) is 2.26. The Morgan fingerprint density at radius 1 is 1.41 bits per heavy atom. The molecule has 0 bridgehead atoms. The Morgan fingerprint density at radius 2 is 2.23 bits per heavy atom. The van der Waals surface area contributed by atoms with Gasteiger partial charge in [-0.3, -0.25) is 0 Å². The number of rotatable bonds is 5. The maximum atomic E-state index is 12.3. The van der Waals surface area contributed by atoms with E-state index in [-0.39, 0.29) is 25.4 Å². The molecule has 22 heavy (non-hydrogen) atoms. The van der Waals surface area contributed by atoms with Crippen molar-refractivity contribution in [1.29, 1.82) is 0 Å². The van der Waals surface area contributed by atoms with Crippen LogP contribution in [0.25, 0.3) is 0 Å². The predicted molar refractivity (Wildman–Crippen MR) is 86.0 cm³/mol. The van der Waals surface area contributed by atoms with Crippen LogP contribution in [0, 0.1) is 13.8 Å². The van der Waals surface area contributed by atoms with Crippen molar-refractivity contribution in [3.8, 4) is 5.75 Å². The third kappa shape index (κ3) is 4.13. The van der Waals surface area contributed by atoms with Gasteiger partial charge >= 0.3 is 6.03 Å². The molecule has 1 aromatic rings. The number of likely N-dealkylation sites (tertiary alicyclic amines) is 1. The van der Waals surface area contributed by atoms with E-state index in [0.29, 0.717) is 6.42 Å². The van der Waals surface area contributed by atoms with Crippen molar-refractivity contribution in [3.05, 3.63) is 29.3 Å². The van der Waals surface area contributed by atoms with Crippen LogP contribution >= 0.6 is 0 Å². The zero-order valence-electron chi connectivity index (χ0n) is 13.5. The highest BCUT2D eigenvalue weighted by atomic mass is 16.5. The van der Waals surface area contributed by atoms with E-state index in [1.165, 1.54) is 5.56 Å². The van der Waals surface area contributed by atoms with Gasteiger partial charge in [-0.1, -0.05) is 12.1 Å². The summed E-state index contributed by atoms with van der Waals surface area (Å²) >= 11 is 0. The van der Waals surface area contributed by atoms with Crippen LogP contribution in [0.4, 0.5) is 4.79 Å². The lowest BCUT2D eigenvalue weighted by atomic mass is 10.0. The molecule has 0 saturated carbocycles. The third-order valence-electron chi connectivity index (χ3n) is 4.36. The van der Waals surface area contributed by atoms with E-state index in [9.17, 15) is 4.79 Å². The Kier molecular flexibility index (Phi) is 6.07. The van der Waals surface area contributed by atoms with Crippen molar-refractivity contribution >= 4 is 6.03 Å². The van der Waals surface area contributed by atoms with Crippen LogP contribution in [-0.2, 0) is 0 Å². The average Bonchev–Trinajstić information content (AvgIpc) is 2.52. The minimum Gasteiger partial charge on any atom is -0.473 e. The summed E-state index contributed by atoms with van der Waals surface area (Å²) in [6, 6.07) is 5.92. The van der Waals surface area contributed by atoms with E-state index in [1.807, 2.05) is 36.9 Å². The summed E-state index contributed by atoms with van der Waals surface area (Å²) in [7, 11) is 0. The van der Waals surface area contributed by atoms with Gasteiger partial charge in [-0.2, -0.15) is 0 Å². The Morgan fingerprint density at radius 3 is 3.00 bits per heavy atom. The third-order valence-corrected chi connectivity index (χ3v) is 4.36. The van der Waals surface area contributed by atoms with Gasteiger partial charge in [0.15, 0.2) is 6.73 Å². The second kappa shape index (κ2) is 8.03. The largest absolute Gasteiger partial charge is 0.473 e. The smallest absolute Gasteiger partial charge is 0.320 e. The maximum absolute atomic E-state index is 12.3. The number of nitrogens with zero attached hydrogens (tertiary/aromatic N) is 1. The molecule has 1 saturated heterocycles. The summed E-state index contributed by atoms with van der Waals surface area (Å²) in [6.45, 7) is 5.07. The van der Waals surface area contributed by atoms with Gasteiger partial charge in [0.25, 0.3) is 0 Å². The zero-order chi connectivity index (χ0) is 15.9.